The molecule has 1 saturated carbocycles. The Hall–Kier alpha value is -0.860. The summed E-state index contributed by atoms with van der Waals surface area (Å²) in [6.45, 7) is 8.80. The summed E-state index contributed by atoms with van der Waals surface area (Å²) >= 11 is 0. The van der Waals surface area contributed by atoms with Crippen molar-refractivity contribution < 1.29 is 4.74 Å². The molecule has 0 spiro atoms. The molecule has 2 nitrogen and oxygen atoms in total. The van der Waals surface area contributed by atoms with Gasteiger partial charge in [0.25, 0.3) is 0 Å². The molecule has 0 bridgehead atoms. The summed E-state index contributed by atoms with van der Waals surface area (Å²) in [6.07, 6.45) is 4.09. The van der Waals surface area contributed by atoms with Crippen molar-refractivity contribution >= 4 is 0 Å². The van der Waals surface area contributed by atoms with Crippen molar-refractivity contribution in [3.63, 3.8) is 0 Å². The lowest BCUT2D eigenvalue weighted by molar-refractivity contribution is 0.169. The van der Waals surface area contributed by atoms with Crippen molar-refractivity contribution in [1.29, 1.82) is 0 Å². The van der Waals surface area contributed by atoms with E-state index in [0.717, 1.165) is 24.3 Å². The smallest absolute Gasteiger partial charge is 0.0713 e. The molecule has 3 atom stereocenters. The van der Waals surface area contributed by atoms with E-state index in [9.17, 15) is 0 Å². The zero-order valence-corrected chi connectivity index (χ0v) is 14.1. The van der Waals surface area contributed by atoms with E-state index in [1.165, 1.54) is 30.4 Å². The molecule has 0 heterocycles. The Bertz CT molecular complexity index is 429. The summed E-state index contributed by atoms with van der Waals surface area (Å²) in [4.78, 5) is 0. The van der Waals surface area contributed by atoms with Gasteiger partial charge >= 0.3 is 0 Å². The summed E-state index contributed by atoms with van der Waals surface area (Å²) in [5.74, 6) is 2.45. The molecule has 1 aromatic rings. The number of rotatable bonds is 6. The van der Waals surface area contributed by atoms with E-state index in [0.29, 0.717) is 12.6 Å². The van der Waals surface area contributed by atoms with Crippen LogP contribution in [0.1, 0.15) is 51.2 Å². The normalized spacial score (nSPS) is 26.2. The molecule has 1 aromatic carbocycles. The molecular weight excluding hydrogens is 258 g/mol. The molecule has 1 N–H and O–H groups in total. The number of hydrogen-bond acceptors (Lipinski definition) is 2. The minimum atomic E-state index is 0.667. The molecule has 1 aliphatic rings. The van der Waals surface area contributed by atoms with Gasteiger partial charge in [0, 0.05) is 19.7 Å². The van der Waals surface area contributed by atoms with Crippen LogP contribution < -0.4 is 5.32 Å². The fraction of sp³-hybridized carbons (Fsp3) is 0.684. The van der Waals surface area contributed by atoms with Crippen molar-refractivity contribution in [2.24, 2.45) is 17.8 Å². The third-order valence-corrected chi connectivity index (χ3v) is 4.89. The second-order valence-electron chi connectivity index (χ2n) is 7.07. The highest BCUT2D eigenvalue weighted by molar-refractivity contribution is 5.23. The van der Waals surface area contributed by atoms with Crippen LogP contribution in [0, 0.1) is 17.8 Å². The molecule has 2 heteroatoms. The Morgan fingerprint density at radius 2 is 2.00 bits per heavy atom. The molecule has 0 aromatic heterocycles. The zero-order valence-electron chi connectivity index (χ0n) is 14.1. The Labute approximate surface area is 130 Å². The van der Waals surface area contributed by atoms with E-state index in [1.54, 1.807) is 7.11 Å². The maximum Gasteiger partial charge on any atom is 0.0713 e. The van der Waals surface area contributed by atoms with Gasteiger partial charge in [0.05, 0.1) is 6.61 Å². The highest BCUT2D eigenvalue weighted by atomic mass is 16.5. The molecule has 0 aliphatic heterocycles. The molecule has 21 heavy (non-hydrogen) atoms. The lowest BCUT2D eigenvalue weighted by Crippen LogP contribution is -2.42. The van der Waals surface area contributed by atoms with E-state index in [2.05, 4.69) is 50.4 Å². The maximum atomic E-state index is 5.22. The van der Waals surface area contributed by atoms with Gasteiger partial charge in [0.1, 0.15) is 0 Å². The lowest BCUT2D eigenvalue weighted by Gasteiger charge is -2.38. The highest BCUT2D eigenvalue weighted by Gasteiger charge is 2.30. The van der Waals surface area contributed by atoms with Gasteiger partial charge in [-0.15, -0.1) is 0 Å². The van der Waals surface area contributed by atoms with Gasteiger partial charge in [-0.05, 0) is 41.7 Å². The number of ether oxygens (including phenoxy) is 1. The fourth-order valence-electron chi connectivity index (χ4n) is 3.68. The van der Waals surface area contributed by atoms with Gasteiger partial charge in [-0.2, -0.15) is 0 Å². The molecule has 0 radical (unpaired) electrons. The highest BCUT2D eigenvalue weighted by Crippen LogP contribution is 2.33. The maximum absolute atomic E-state index is 5.22. The van der Waals surface area contributed by atoms with Crippen LogP contribution in [0.15, 0.2) is 24.3 Å². The first-order chi connectivity index (χ1) is 10.1. The van der Waals surface area contributed by atoms with Crippen molar-refractivity contribution in [3.8, 4) is 0 Å². The van der Waals surface area contributed by atoms with Gasteiger partial charge in [0.15, 0.2) is 0 Å². The van der Waals surface area contributed by atoms with E-state index in [-0.39, 0.29) is 0 Å². The van der Waals surface area contributed by atoms with Crippen molar-refractivity contribution in [3.05, 3.63) is 35.4 Å². The first-order valence-corrected chi connectivity index (χ1v) is 8.40. The average molecular weight is 289 g/mol. The van der Waals surface area contributed by atoms with Gasteiger partial charge in [-0.3, -0.25) is 0 Å². The number of hydrogen-bond donors (Lipinski definition) is 1. The summed E-state index contributed by atoms with van der Waals surface area (Å²) in [7, 11) is 1.75. The third-order valence-electron chi connectivity index (χ3n) is 4.89. The predicted molar refractivity (Wildman–Crippen MR) is 89.1 cm³/mol. The zero-order chi connectivity index (χ0) is 15.2. The van der Waals surface area contributed by atoms with Crippen LogP contribution in [0.25, 0.3) is 0 Å². The molecule has 118 valence electrons. The van der Waals surface area contributed by atoms with Crippen molar-refractivity contribution in [2.45, 2.75) is 59.2 Å². The average Bonchev–Trinajstić information content (AvgIpc) is 2.45. The molecule has 2 rings (SSSR count). The Kier molecular flexibility index (Phi) is 6.25. The third kappa shape index (κ3) is 4.82. The predicted octanol–water partition coefficient (Wildman–Crippen LogP) is 4.38. The number of methoxy groups -OCH3 is 1. The summed E-state index contributed by atoms with van der Waals surface area (Å²) in [6, 6.07) is 9.40. The van der Waals surface area contributed by atoms with Gasteiger partial charge < -0.3 is 10.1 Å². The van der Waals surface area contributed by atoms with Crippen molar-refractivity contribution in [1.82, 2.24) is 5.32 Å². The summed E-state index contributed by atoms with van der Waals surface area (Å²) in [5.41, 5.74) is 2.62. The molecule has 3 unspecified atom stereocenters. The van der Waals surface area contributed by atoms with E-state index in [4.69, 9.17) is 4.74 Å². The monoisotopic (exact) mass is 289 g/mol. The van der Waals surface area contributed by atoms with Crippen LogP contribution >= 0.6 is 0 Å². The molecule has 0 saturated heterocycles. The Morgan fingerprint density at radius 3 is 2.71 bits per heavy atom. The topological polar surface area (TPSA) is 21.3 Å². The van der Waals surface area contributed by atoms with Crippen LogP contribution in [0.3, 0.4) is 0 Å². The number of benzene rings is 1. The first kappa shape index (κ1) is 16.5. The Morgan fingerprint density at radius 1 is 1.24 bits per heavy atom. The summed E-state index contributed by atoms with van der Waals surface area (Å²) in [5, 5.41) is 3.83. The second kappa shape index (κ2) is 7.95. The van der Waals surface area contributed by atoms with Gasteiger partial charge in [0.2, 0.25) is 0 Å². The largest absolute Gasteiger partial charge is 0.380 e. The second-order valence-corrected chi connectivity index (χ2v) is 7.07. The fourth-order valence-corrected chi connectivity index (χ4v) is 3.68. The van der Waals surface area contributed by atoms with E-state index >= 15 is 0 Å². The van der Waals surface area contributed by atoms with Crippen LogP contribution in [-0.4, -0.2) is 13.2 Å². The van der Waals surface area contributed by atoms with E-state index < -0.39 is 0 Å². The standard InChI is InChI=1S/C19H31NO/c1-14(2)18-9-8-15(3)10-19(18)20-12-16-6-5-7-17(11-16)13-21-4/h5-7,11,14-15,18-20H,8-10,12-13H2,1-4H3. The first-order valence-electron chi connectivity index (χ1n) is 8.40. The molecule has 1 aliphatic carbocycles. The quantitative estimate of drug-likeness (QED) is 0.839. The molecular formula is C19H31NO. The SMILES string of the molecule is COCc1cccc(CNC2CC(C)CCC2C(C)C)c1. The van der Waals surface area contributed by atoms with Crippen LogP contribution in [0.5, 0.6) is 0 Å². The molecule has 1 fully saturated rings. The van der Waals surface area contributed by atoms with Gasteiger partial charge in [-0.1, -0.05) is 51.5 Å². The van der Waals surface area contributed by atoms with Crippen LogP contribution in [-0.2, 0) is 17.9 Å². The van der Waals surface area contributed by atoms with Crippen LogP contribution in [0.4, 0.5) is 0 Å². The minimum Gasteiger partial charge on any atom is -0.380 e. The molecule has 0 amide bonds. The van der Waals surface area contributed by atoms with Gasteiger partial charge in [-0.25, -0.2) is 0 Å². The summed E-state index contributed by atoms with van der Waals surface area (Å²) < 4.78 is 5.22. The van der Waals surface area contributed by atoms with E-state index in [1.807, 2.05) is 0 Å². The van der Waals surface area contributed by atoms with Crippen LogP contribution in [0.2, 0.25) is 0 Å². The van der Waals surface area contributed by atoms with Crippen molar-refractivity contribution in [2.75, 3.05) is 7.11 Å². The minimum absolute atomic E-state index is 0.667. The number of nitrogens with one attached hydrogen (secondary N) is 1. The Balaban J connectivity index is 1.95. The lowest BCUT2D eigenvalue weighted by atomic mass is 9.74.